The van der Waals surface area contributed by atoms with Gasteiger partial charge in [0, 0.05) is 17.5 Å². The fourth-order valence-electron chi connectivity index (χ4n) is 1.99. The largest absolute Gasteiger partial charge is 0.390 e. The van der Waals surface area contributed by atoms with E-state index in [1.165, 1.54) is 12.1 Å². The summed E-state index contributed by atoms with van der Waals surface area (Å²) in [6.07, 6.45) is 1.39. The van der Waals surface area contributed by atoms with Gasteiger partial charge in [0.2, 0.25) is 0 Å². The molecule has 0 fully saturated rings. The summed E-state index contributed by atoms with van der Waals surface area (Å²) in [5.74, 6) is -0.296. The third-order valence-corrected chi connectivity index (χ3v) is 3.21. The minimum Gasteiger partial charge on any atom is -0.390 e. The number of hydrogen-bond acceptors (Lipinski definition) is 2. The molecule has 18 heavy (non-hydrogen) atoms. The average molecular weight is 319 g/mol. The predicted molar refractivity (Wildman–Crippen MR) is 74.1 cm³/mol. The minimum absolute atomic E-state index is 0.179. The molecule has 0 heterocycles. The Hall–Kier alpha value is -0.450. The molecule has 2 atom stereocenters. The van der Waals surface area contributed by atoms with Crippen LogP contribution in [0.15, 0.2) is 22.7 Å². The highest BCUT2D eigenvalue weighted by Crippen LogP contribution is 2.18. The van der Waals surface area contributed by atoms with Crippen molar-refractivity contribution < 1.29 is 14.2 Å². The SMILES string of the molecule is CCCC(OCC)C(O)Cc1cc(F)cc(Br)c1. The first kappa shape index (κ1) is 15.6. The van der Waals surface area contributed by atoms with Gasteiger partial charge in [-0.05, 0) is 37.1 Å². The van der Waals surface area contributed by atoms with E-state index in [9.17, 15) is 9.50 Å². The molecule has 0 aliphatic rings. The minimum atomic E-state index is -0.599. The van der Waals surface area contributed by atoms with E-state index < -0.39 is 6.10 Å². The lowest BCUT2D eigenvalue weighted by Crippen LogP contribution is -2.31. The van der Waals surface area contributed by atoms with Crippen molar-refractivity contribution in [3.8, 4) is 0 Å². The second-order valence-electron chi connectivity index (χ2n) is 4.33. The van der Waals surface area contributed by atoms with Gasteiger partial charge in [-0.1, -0.05) is 29.3 Å². The summed E-state index contributed by atoms with van der Waals surface area (Å²) in [6.45, 7) is 4.54. The zero-order valence-electron chi connectivity index (χ0n) is 10.8. The van der Waals surface area contributed by atoms with Crippen molar-refractivity contribution in [1.29, 1.82) is 0 Å². The lowest BCUT2D eigenvalue weighted by molar-refractivity contribution is -0.0363. The Bertz CT molecular complexity index is 345. The van der Waals surface area contributed by atoms with Gasteiger partial charge in [-0.2, -0.15) is 0 Å². The lowest BCUT2D eigenvalue weighted by atomic mass is 10.0. The van der Waals surface area contributed by atoms with Gasteiger partial charge in [-0.25, -0.2) is 4.39 Å². The average Bonchev–Trinajstić information content (AvgIpc) is 2.27. The number of halogens is 2. The van der Waals surface area contributed by atoms with Crippen molar-refractivity contribution >= 4 is 15.9 Å². The Labute approximate surface area is 116 Å². The third-order valence-electron chi connectivity index (χ3n) is 2.75. The molecule has 0 aromatic heterocycles. The van der Waals surface area contributed by atoms with Gasteiger partial charge in [0.15, 0.2) is 0 Å². The van der Waals surface area contributed by atoms with Crippen LogP contribution in [-0.2, 0) is 11.2 Å². The molecule has 1 N–H and O–H groups in total. The molecule has 0 radical (unpaired) electrons. The molecule has 0 saturated heterocycles. The van der Waals surface area contributed by atoms with Crippen LogP contribution in [0, 0.1) is 5.82 Å². The zero-order valence-corrected chi connectivity index (χ0v) is 12.4. The summed E-state index contributed by atoms with van der Waals surface area (Å²) in [6, 6.07) is 4.67. The van der Waals surface area contributed by atoms with Crippen molar-refractivity contribution in [1.82, 2.24) is 0 Å². The highest BCUT2D eigenvalue weighted by Gasteiger charge is 2.19. The van der Waals surface area contributed by atoms with Gasteiger partial charge >= 0.3 is 0 Å². The Morgan fingerprint density at radius 3 is 2.61 bits per heavy atom. The second-order valence-corrected chi connectivity index (χ2v) is 5.25. The summed E-state index contributed by atoms with van der Waals surface area (Å²) in [4.78, 5) is 0. The first-order chi connectivity index (χ1) is 8.56. The van der Waals surface area contributed by atoms with E-state index >= 15 is 0 Å². The summed E-state index contributed by atoms with van der Waals surface area (Å²) >= 11 is 3.25. The lowest BCUT2D eigenvalue weighted by Gasteiger charge is -2.22. The van der Waals surface area contributed by atoms with Gasteiger partial charge in [0.05, 0.1) is 12.2 Å². The topological polar surface area (TPSA) is 29.5 Å². The van der Waals surface area contributed by atoms with Gasteiger partial charge in [0.25, 0.3) is 0 Å². The molecule has 1 rings (SSSR count). The van der Waals surface area contributed by atoms with Gasteiger partial charge in [0.1, 0.15) is 5.82 Å². The maximum absolute atomic E-state index is 13.2. The molecule has 1 aromatic carbocycles. The van der Waals surface area contributed by atoms with E-state index in [1.807, 2.05) is 13.0 Å². The van der Waals surface area contributed by atoms with E-state index in [2.05, 4.69) is 22.9 Å². The van der Waals surface area contributed by atoms with Crippen molar-refractivity contribution in [3.63, 3.8) is 0 Å². The van der Waals surface area contributed by atoms with Crippen LogP contribution in [0.2, 0.25) is 0 Å². The summed E-state index contributed by atoms with van der Waals surface area (Å²) < 4.78 is 19.4. The predicted octanol–water partition coefficient (Wildman–Crippen LogP) is 3.70. The Kier molecular flexibility index (Phi) is 6.82. The molecule has 102 valence electrons. The molecule has 2 unspecified atom stereocenters. The molecule has 2 nitrogen and oxygen atoms in total. The highest BCUT2D eigenvalue weighted by molar-refractivity contribution is 9.10. The molecule has 0 spiro atoms. The molecule has 0 aliphatic carbocycles. The molecule has 0 amide bonds. The maximum atomic E-state index is 13.2. The summed E-state index contributed by atoms with van der Waals surface area (Å²) in [5.41, 5.74) is 0.773. The van der Waals surface area contributed by atoms with Gasteiger partial charge in [-0.15, -0.1) is 0 Å². The normalized spacial score (nSPS) is 14.5. The van der Waals surface area contributed by atoms with E-state index in [4.69, 9.17) is 4.74 Å². The van der Waals surface area contributed by atoms with Crippen LogP contribution in [0.4, 0.5) is 4.39 Å². The number of aliphatic hydroxyl groups excluding tert-OH is 1. The van der Waals surface area contributed by atoms with Gasteiger partial charge < -0.3 is 9.84 Å². The molecular formula is C14H20BrFO2. The molecule has 0 saturated carbocycles. The number of rotatable bonds is 7. The molecular weight excluding hydrogens is 299 g/mol. The van der Waals surface area contributed by atoms with E-state index in [-0.39, 0.29) is 11.9 Å². The Morgan fingerprint density at radius 2 is 2.06 bits per heavy atom. The van der Waals surface area contributed by atoms with Crippen LogP contribution in [0.3, 0.4) is 0 Å². The second kappa shape index (κ2) is 7.87. The third kappa shape index (κ3) is 5.04. The monoisotopic (exact) mass is 318 g/mol. The summed E-state index contributed by atoms with van der Waals surface area (Å²) in [7, 11) is 0. The van der Waals surface area contributed by atoms with Crippen molar-refractivity contribution in [2.24, 2.45) is 0 Å². The quantitative estimate of drug-likeness (QED) is 0.830. The highest BCUT2D eigenvalue weighted by atomic mass is 79.9. The molecule has 4 heteroatoms. The molecule has 0 aliphatic heterocycles. The van der Waals surface area contributed by atoms with E-state index in [0.29, 0.717) is 17.5 Å². The number of benzene rings is 1. The van der Waals surface area contributed by atoms with E-state index in [0.717, 1.165) is 18.4 Å². The van der Waals surface area contributed by atoms with Gasteiger partial charge in [-0.3, -0.25) is 0 Å². The Morgan fingerprint density at radius 1 is 1.33 bits per heavy atom. The fourth-order valence-corrected chi connectivity index (χ4v) is 2.50. The first-order valence-corrected chi connectivity index (χ1v) is 7.10. The van der Waals surface area contributed by atoms with Crippen LogP contribution in [0.25, 0.3) is 0 Å². The van der Waals surface area contributed by atoms with Crippen LogP contribution in [-0.4, -0.2) is 23.9 Å². The van der Waals surface area contributed by atoms with E-state index in [1.54, 1.807) is 0 Å². The van der Waals surface area contributed by atoms with Crippen LogP contribution < -0.4 is 0 Å². The molecule has 1 aromatic rings. The number of ether oxygens (including phenoxy) is 1. The smallest absolute Gasteiger partial charge is 0.124 e. The van der Waals surface area contributed by atoms with Crippen molar-refractivity contribution in [2.45, 2.75) is 45.3 Å². The van der Waals surface area contributed by atoms with Crippen molar-refractivity contribution in [2.75, 3.05) is 6.61 Å². The van der Waals surface area contributed by atoms with Crippen LogP contribution in [0.5, 0.6) is 0 Å². The fraction of sp³-hybridized carbons (Fsp3) is 0.571. The Balaban J connectivity index is 2.68. The zero-order chi connectivity index (χ0) is 13.5. The van der Waals surface area contributed by atoms with Crippen LogP contribution >= 0.6 is 15.9 Å². The summed E-state index contributed by atoms with van der Waals surface area (Å²) in [5, 5.41) is 10.1. The maximum Gasteiger partial charge on any atom is 0.124 e. The number of hydrogen-bond donors (Lipinski definition) is 1. The van der Waals surface area contributed by atoms with Crippen LogP contribution in [0.1, 0.15) is 32.3 Å². The molecule has 0 bridgehead atoms. The standard InChI is InChI=1S/C14H20BrFO2/c1-3-5-14(18-4-2)13(17)8-10-6-11(15)9-12(16)7-10/h6-7,9,13-14,17H,3-5,8H2,1-2H3. The first-order valence-electron chi connectivity index (χ1n) is 6.31. The van der Waals surface area contributed by atoms with Crippen molar-refractivity contribution in [3.05, 3.63) is 34.1 Å². The number of aliphatic hydroxyl groups is 1.